The smallest absolute Gasteiger partial charge is 0.260 e. The largest absolute Gasteiger partial charge is 0.394 e. The van der Waals surface area contributed by atoms with Crippen LogP contribution in [0, 0.1) is 0 Å². The Labute approximate surface area is 107 Å². The lowest BCUT2D eigenvalue weighted by Crippen LogP contribution is -2.17. The van der Waals surface area contributed by atoms with Crippen molar-refractivity contribution in [2.45, 2.75) is 25.2 Å². The SMILES string of the molecule is O=c1cc(Cl)nc2n([C@H]3CC[C@@H](CO)O3)ccn12. The standard InChI is InChI=1S/C11H12ClN3O3/c12-8-5-9(17)14-3-4-15(11(14)13-8)10-2-1-7(6-16)18-10/h3-5,7,10,16H,1-2,6H2/t7-,10+/m0/s1. The summed E-state index contributed by atoms with van der Waals surface area (Å²) in [5, 5.41) is 9.22. The fourth-order valence-electron chi connectivity index (χ4n) is 2.23. The topological polar surface area (TPSA) is 68.8 Å². The molecule has 0 radical (unpaired) electrons. The molecule has 1 saturated heterocycles. The molecule has 0 amide bonds. The molecule has 18 heavy (non-hydrogen) atoms. The first kappa shape index (κ1) is 11.7. The van der Waals surface area contributed by atoms with Crippen LogP contribution in [0.15, 0.2) is 23.3 Å². The van der Waals surface area contributed by atoms with E-state index in [-0.39, 0.29) is 29.7 Å². The maximum absolute atomic E-state index is 11.7. The van der Waals surface area contributed by atoms with Gasteiger partial charge in [-0.05, 0) is 12.8 Å². The molecule has 0 unspecified atom stereocenters. The lowest BCUT2D eigenvalue weighted by atomic mass is 10.2. The number of aliphatic hydroxyl groups is 1. The molecule has 0 bridgehead atoms. The van der Waals surface area contributed by atoms with E-state index in [9.17, 15) is 4.79 Å². The first-order valence-electron chi connectivity index (χ1n) is 5.71. The monoisotopic (exact) mass is 269 g/mol. The van der Waals surface area contributed by atoms with Crippen LogP contribution >= 0.6 is 11.6 Å². The summed E-state index contributed by atoms with van der Waals surface area (Å²) in [6.45, 7) is 0.00380. The first-order valence-corrected chi connectivity index (χ1v) is 6.09. The van der Waals surface area contributed by atoms with Gasteiger partial charge in [0.2, 0.25) is 5.78 Å². The summed E-state index contributed by atoms with van der Waals surface area (Å²) in [5.41, 5.74) is -0.222. The van der Waals surface area contributed by atoms with E-state index in [1.807, 2.05) is 0 Å². The third kappa shape index (κ3) is 1.82. The summed E-state index contributed by atoms with van der Waals surface area (Å²) < 4.78 is 8.84. The van der Waals surface area contributed by atoms with E-state index in [0.717, 1.165) is 12.8 Å². The van der Waals surface area contributed by atoms with Gasteiger partial charge in [-0.3, -0.25) is 13.8 Å². The second kappa shape index (κ2) is 4.38. The van der Waals surface area contributed by atoms with Crippen LogP contribution < -0.4 is 5.56 Å². The summed E-state index contributed by atoms with van der Waals surface area (Å²) in [6, 6.07) is 1.27. The van der Waals surface area contributed by atoms with Gasteiger partial charge in [-0.2, -0.15) is 0 Å². The summed E-state index contributed by atoms with van der Waals surface area (Å²) in [5.74, 6) is 0.455. The van der Waals surface area contributed by atoms with Gasteiger partial charge in [0.25, 0.3) is 5.56 Å². The molecule has 1 N–H and O–H groups in total. The van der Waals surface area contributed by atoms with Crippen LogP contribution in [0.1, 0.15) is 19.1 Å². The Bertz CT molecular complexity index is 636. The molecule has 0 spiro atoms. The molecule has 0 aliphatic carbocycles. The molecule has 3 heterocycles. The Hall–Kier alpha value is -1.37. The average molecular weight is 270 g/mol. The van der Waals surface area contributed by atoms with Crippen LogP contribution in [0.5, 0.6) is 0 Å². The van der Waals surface area contributed by atoms with Crippen molar-refractivity contribution in [3.63, 3.8) is 0 Å². The molecular weight excluding hydrogens is 258 g/mol. The van der Waals surface area contributed by atoms with E-state index in [4.69, 9.17) is 21.4 Å². The highest BCUT2D eigenvalue weighted by molar-refractivity contribution is 6.29. The number of aliphatic hydroxyl groups excluding tert-OH is 1. The molecule has 7 heteroatoms. The highest BCUT2D eigenvalue weighted by atomic mass is 35.5. The number of nitrogens with zero attached hydrogens (tertiary/aromatic N) is 3. The second-order valence-corrected chi connectivity index (χ2v) is 4.65. The Morgan fingerprint density at radius 2 is 2.33 bits per heavy atom. The van der Waals surface area contributed by atoms with E-state index in [2.05, 4.69) is 4.98 Å². The Morgan fingerprint density at radius 3 is 3.06 bits per heavy atom. The quantitative estimate of drug-likeness (QED) is 0.820. The summed E-state index contributed by atoms with van der Waals surface area (Å²) >= 11 is 5.80. The minimum atomic E-state index is -0.222. The maximum atomic E-state index is 11.7. The Morgan fingerprint density at radius 1 is 1.50 bits per heavy atom. The van der Waals surface area contributed by atoms with Crippen molar-refractivity contribution in [1.82, 2.24) is 14.0 Å². The van der Waals surface area contributed by atoms with E-state index in [1.165, 1.54) is 10.5 Å². The highest BCUT2D eigenvalue weighted by Gasteiger charge is 2.27. The molecule has 96 valence electrons. The van der Waals surface area contributed by atoms with Crippen molar-refractivity contribution >= 4 is 17.4 Å². The van der Waals surface area contributed by atoms with Gasteiger partial charge in [0.05, 0.1) is 12.7 Å². The average Bonchev–Trinajstić information content (AvgIpc) is 2.93. The van der Waals surface area contributed by atoms with Crippen molar-refractivity contribution in [3.05, 3.63) is 34.0 Å². The molecule has 2 aromatic heterocycles. The van der Waals surface area contributed by atoms with Crippen LogP contribution in [-0.4, -0.2) is 31.8 Å². The zero-order chi connectivity index (χ0) is 12.7. The number of aromatic nitrogens is 3. The number of fused-ring (bicyclic) bond motifs is 1. The van der Waals surface area contributed by atoms with E-state index >= 15 is 0 Å². The molecule has 3 rings (SSSR count). The molecule has 0 aromatic carbocycles. The molecule has 2 atom stereocenters. The van der Waals surface area contributed by atoms with E-state index in [0.29, 0.717) is 5.78 Å². The lowest BCUT2D eigenvalue weighted by Gasteiger charge is -2.14. The third-order valence-corrected chi connectivity index (χ3v) is 3.30. The van der Waals surface area contributed by atoms with Crippen molar-refractivity contribution in [2.75, 3.05) is 6.61 Å². The lowest BCUT2D eigenvalue weighted by molar-refractivity contribution is -0.0206. The molecule has 2 aromatic rings. The number of imidazole rings is 1. The zero-order valence-electron chi connectivity index (χ0n) is 9.49. The third-order valence-electron chi connectivity index (χ3n) is 3.11. The molecule has 1 fully saturated rings. The number of hydrogen-bond acceptors (Lipinski definition) is 4. The predicted molar refractivity (Wildman–Crippen MR) is 64.7 cm³/mol. The predicted octanol–water partition coefficient (Wildman–Crippen LogP) is 0.819. The molecular formula is C11H12ClN3O3. The van der Waals surface area contributed by atoms with Crippen LogP contribution in [0.25, 0.3) is 5.78 Å². The van der Waals surface area contributed by atoms with Crippen molar-refractivity contribution in [3.8, 4) is 0 Å². The number of ether oxygens (including phenoxy) is 1. The van der Waals surface area contributed by atoms with Crippen LogP contribution in [0.3, 0.4) is 0 Å². The summed E-state index contributed by atoms with van der Waals surface area (Å²) in [4.78, 5) is 15.8. The minimum Gasteiger partial charge on any atom is -0.394 e. The first-order chi connectivity index (χ1) is 8.69. The van der Waals surface area contributed by atoms with Crippen LogP contribution in [-0.2, 0) is 4.74 Å². The molecule has 0 saturated carbocycles. The zero-order valence-corrected chi connectivity index (χ0v) is 10.2. The van der Waals surface area contributed by atoms with Gasteiger partial charge in [0, 0.05) is 18.5 Å². The van der Waals surface area contributed by atoms with Gasteiger partial charge in [-0.15, -0.1) is 0 Å². The normalized spacial score (nSPS) is 23.9. The van der Waals surface area contributed by atoms with Crippen molar-refractivity contribution in [1.29, 1.82) is 0 Å². The maximum Gasteiger partial charge on any atom is 0.260 e. The second-order valence-electron chi connectivity index (χ2n) is 4.27. The van der Waals surface area contributed by atoms with E-state index in [1.54, 1.807) is 17.0 Å². The number of halogens is 1. The molecule has 1 aliphatic rings. The Kier molecular flexibility index (Phi) is 2.85. The van der Waals surface area contributed by atoms with Gasteiger partial charge >= 0.3 is 0 Å². The van der Waals surface area contributed by atoms with Gasteiger partial charge in [-0.25, -0.2) is 4.98 Å². The van der Waals surface area contributed by atoms with Gasteiger partial charge in [-0.1, -0.05) is 11.6 Å². The number of hydrogen-bond donors (Lipinski definition) is 1. The van der Waals surface area contributed by atoms with Gasteiger partial charge in [0.15, 0.2) is 0 Å². The highest BCUT2D eigenvalue weighted by Crippen LogP contribution is 2.29. The van der Waals surface area contributed by atoms with Crippen molar-refractivity contribution < 1.29 is 9.84 Å². The molecule has 1 aliphatic heterocycles. The van der Waals surface area contributed by atoms with Gasteiger partial charge < -0.3 is 9.84 Å². The van der Waals surface area contributed by atoms with Crippen molar-refractivity contribution in [2.24, 2.45) is 0 Å². The fraction of sp³-hybridized carbons (Fsp3) is 0.455. The number of rotatable bonds is 2. The summed E-state index contributed by atoms with van der Waals surface area (Å²) in [6.07, 6.45) is 4.58. The molecule has 6 nitrogen and oxygen atoms in total. The summed E-state index contributed by atoms with van der Waals surface area (Å²) in [7, 11) is 0. The van der Waals surface area contributed by atoms with Crippen LogP contribution in [0.4, 0.5) is 0 Å². The van der Waals surface area contributed by atoms with E-state index < -0.39 is 0 Å². The minimum absolute atomic E-state index is 0.00380. The Balaban J connectivity index is 2.05. The van der Waals surface area contributed by atoms with Gasteiger partial charge in [0.1, 0.15) is 11.4 Å². The van der Waals surface area contributed by atoms with Crippen LogP contribution in [0.2, 0.25) is 5.15 Å². The fourth-order valence-corrected chi connectivity index (χ4v) is 2.40.